The number of benzene rings is 2. The third kappa shape index (κ3) is 12.0. The summed E-state index contributed by atoms with van der Waals surface area (Å²) in [7, 11) is -7.62. The highest BCUT2D eigenvalue weighted by Crippen LogP contribution is 2.47. The Morgan fingerprint density at radius 3 is 2.39 bits per heavy atom. The fourth-order valence-corrected chi connectivity index (χ4v) is 8.79. The minimum absolute atomic E-state index is 0.0366. The smallest absolute Gasteiger partial charge is 0.407 e. The van der Waals surface area contributed by atoms with Gasteiger partial charge in [-0.1, -0.05) is 38.8 Å². The number of sulfonamides is 1. The van der Waals surface area contributed by atoms with Gasteiger partial charge in [0.25, 0.3) is 0 Å². The Labute approximate surface area is 300 Å². The molecule has 4 rings (SSSR count). The number of amides is 1. The van der Waals surface area contributed by atoms with Crippen LogP contribution >= 0.6 is 7.60 Å². The first kappa shape index (κ1) is 40.7. The standard InChI is InChI=1S/C35H51N2O12PS/c1-5-24(6-2)17-27-18-26(20-38)11-14-30(27)37-51(42,43)22-32(39)33(49-35(40)36-31-21-45-34-29(31)15-16-44-34)19-25-9-12-28(13-10-25)46-23-50(41,47-7-3)48-8-4/h9-14,18,20,24,29,31-34,37,39H,5-8,15-17,19,21-23H2,1-4H3,(H,36,40)/t29?,31?,32-,33-,34?/m0/s1. The van der Waals surface area contributed by atoms with Gasteiger partial charge in [-0.3, -0.25) is 14.1 Å². The van der Waals surface area contributed by atoms with E-state index >= 15 is 0 Å². The summed E-state index contributed by atoms with van der Waals surface area (Å²) < 4.78 is 75.4. The van der Waals surface area contributed by atoms with Gasteiger partial charge < -0.3 is 38.4 Å². The molecular formula is C35H51N2O12PS. The molecule has 51 heavy (non-hydrogen) atoms. The molecule has 2 aliphatic heterocycles. The average molecular weight is 755 g/mol. The van der Waals surface area contributed by atoms with Crippen molar-refractivity contribution in [3.05, 3.63) is 59.2 Å². The van der Waals surface area contributed by atoms with E-state index in [1.807, 2.05) is 0 Å². The maximum absolute atomic E-state index is 13.5. The zero-order chi connectivity index (χ0) is 37.0. The number of hydrogen-bond donors (Lipinski definition) is 3. The van der Waals surface area contributed by atoms with Crippen molar-refractivity contribution in [2.45, 2.75) is 84.3 Å². The van der Waals surface area contributed by atoms with Crippen molar-refractivity contribution in [1.82, 2.24) is 5.32 Å². The van der Waals surface area contributed by atoms with Crippen molar-refractivity contribution in [1.29, 1.82) is 0 Å². The number of anilines is 1. The van der Waals surface area contributed by atoms with Crippen LogP contribution in [-0.4, -0.2) is 89.0 Å². The molecule has 5 atom stereocenters. The molecule has 0 radical (unpaired) electrons. The molecule has 284 valence electrons. The maximum Gasteiger partial charge on any atom is 0.407 e. The van der Waals surface area contributed by atoms with Crippen LogP contribution in [0.4, 0.5) is 10.5 Å². The van der Waals surface area contributed by atoms with Crippen LogP contribution in [0.2, 0.25) is 0 Å². The van der Waals surface area contributed by atoms with E-state index in [1.165, 1.54) is 6.07 Å². The van der Waals surface area contributed by atoms with Crippen LogP contribution in [-0.2, 0) is 50.7 Å². The molecule has 2 saturated heterocycles. The van der Waals surface area contributed by atoms with E-state index in [0.29, 0.717) is 53.9 Å². The topological polar surface area (TPSA) is 185 Å². The van der Waals surface area contributed by atoms with E-state index in [4.69, 9.17) is 28.0 Å². The molecule has 0 saturated carbocycles. The molecule has 16 heteroatoms. The lowest BCUT2D eigenvalue weighted by Gasteiger charge is -2.25. The number of hydrogen-bond acceptors (Lipinski definition) is 12. The van der Waals surface area contributed by atoms with Crippen LogP contribution in [0, 0.1) is 11.8 Å². The van der Waals surface area contributed by atoms with Crippen molar-refractivity contribution < 1.29 is 55.7 Å². The highest BCUT2D eigenvalue weighted by atomic mass is 32.2. The molecule has 14 nitrogen and oxygen atoms in total. The first-order valence-electron chi connectivity index (χ1n) is 17.5. The number of fused-ring (bicyclic) bond motifs is 1. The van der Waals surface area contributed by atoms with Gasteiger partial charge in [0.15, 0.2) is 12.6 Å². The normalized spacial score (nSPS) is 20.1. The third-order valence-electron chi connectivity index (χ3n) is 9.02. The van der Waals surface area contributed by atoms with Gasteiger partial charge in [-0.25, -0.2) is 13.2 Å². The second kappa shape index (κ2) is 19.2. The van der Waals surface area contributed by atoms with Crippen LogP contribution in [0.5, 0.6) is 5.75 Å². The van der Waals surface area contributed by atoms with E-state index in [2.05, 4.69) is 23.9 Å². The maximum atomic E-state index is 13.5. The number of aldehydes is 1. The largest absolute Gasteiger partial charge is 0.481 e. The summed E-state index contributed by atoms with van der Waals surface area (Å²) in [5.41, 5.74) is 2.02. The molecule has 2 heterocycles. The van der Waals surface area contributed by atoms with Crippen LogP contribution < -0.4 is 14.8 Å². The van der Waals surface area contributed by atoms with Gasteiger partial charge in [0.1, 0.15) is 24.2 Å². The highest BCUT2D eigenvalue weighted by Gasteiger charge is 2.43. The summed E-state index contributed by atoms with van der Waals surface area (Å²) in [5, 5.41) is 14.1. The van der Waals surface area contributed by atoms with Crippen molar-refractivity contribution in [2.75, 3.05) is 43.3 Å². The number of rotatable bonds is 21. The van der Waals surface area contributed by atoms with E-state index in [0.717, 1.165) is 12.8 Å². The number of aliphatic hydroxyl groups excluding tert-OH is 1. The number of ether oxygens (including phenoxy) is 4. The van der Waals surface area contributed by atoms with Gasteiger partial charge >= 0.3 is 13.7 Å². The van der Waals surface area contributed by atoms with Crippen LogP contribution in [0.15, 0.2) is 42.5 Å². The molecule has 3 N–H and O–H groups in total. The van der Waals surface area contributed by atoms with Gasteiger partial charge in [-0.15, -0.1) is 0 Å². The lowest BCUT2D eigenvalue weighted by molar-refractivity contribution is -0.0905. The molecule has 2 aliphatic rings. The van der Waals surface area contributed by atoms with Gasteiger partial charge in [0.05, 0.1) is 43.9 Å². The third-order valence-corrected chi connectivity index (χ3v) is 12.1. The van der Waals surface area contributed by atoms with Gasteiger partial charge in [-0.05, 0) is 74.1 Å². The van der Waals surface area contributed by atoms with E-state index < -0.39 is 48.0 Å². The van der Waals surface area contributed by atoms with Gasteiger partial charge in [0.2, 0.25) is 10.0 Å². The Morgan fingerprint density at radius 2 is 1.75 bits per heavy atom. The number of carbonyl (C=O) groups is 2. The Kier molecular flexibility index (Phi) is 15.3. The van der Waals surface area contributed by atoms with Gasteiger partial charge in [0, 0.05) is 17.9 Å². The predicted molar refractivity (Wildman–Crippen MR) is 191 cm³/mol. The number of aliphatic hydroxyl groups is 1. The first-order chi connectivity index (χ1) is 24.4. The molecule has 0 aromatic heterocycles. The minimum Gasteiger partial charge on any atom is -0.481 e. The van der Waals surface area contributed by atoms with Crippen LogP contribution in [0.3, 0.4) is 0 Å². The van der Waals surface area contributed by atoms with Gasteiger partial charge in [-0.2, -0.15) is 0 Å². The average Bonchev–Trinajstić information content (AvgIpc) is 3.72. The van der Waals surface area contributed by atoms with E-state index in [9.17, 15) is 27.7 Å². The fourth-order valence-electron chi connectivity index (χ4n) is 6.19. The zero-order valence-electron chi connectivity index (χ0n) is 29.7. The molecule has 0 aliphatic carbocycles. The highest BCUT2D eigenvalue weighted by molar-refractivity contribution is 7.92. The van der Waals surface area contributed by atoms with E-state index in [1.54, 1.807) is 50.2 Å². The predicted octanol–water partition coefficient (Wildman–Crippen LogP) is 5.28. The van der Waals surface area contributed by atoms with Crippen LogP contribution in [0.1, 0.15) is 68.4 Å². The lowest BCUT2D eigenvalue weighted by atomic mass is 9.93. The number of nitrogens with one attached hydrogen (secondary N) is 2. The quantitative estimate of drug-likeness (QED) is 0.111. The molecule has 1 amide bonds. The van der Waals surface area contributed by atoms with Crippen molar-refractivity contribution in [2.24, 2.45) is 11.8 Å². The molecule has 0 bridgehead atoms. The zero-order valence-corrected chi connectivity index (χ0v) is 31.4. The summed E-state index contributed by atoms with van der Waals surface area (Å²) >= 11 is 0. The van der Waals surface area contributed by atoms with E-state index in [-0.39, 0.29) is 50.5 Å². The fraction of sp³-hybridized carbons (Fsp3) is 0.600. The Morgan fingerprint density at radius 1 is 1.04 bits per heavy atom. The lowest BCUT2D eigenvalue weighted by Crippen LogP contribution is -2.45. The summed E-state index contributed by atoms with van der Waals surface area (Å²) in [6.07, 6.45) is -0.732. The second-order valence-corrected chi connectivity index (χ2v) is 16.4. The Hall–Kier alpha value is -3.04. The van der Waals surface area contributed by atoms with Crippen molar-refractivity contribution in [3.8, 4) is 5.75 Å². The summed E-state index contributed by atoms with van der Waals surface area (Å²) in [6.45, 7) is 8.64. The molecule has 0 spiro atoms. The molecule has 3 unspecified atom stereocenters. The number of alkyl carbamates (subject to hydrolysis) is 1. The number of carbonyl (C=O) groups excluding carboxylic acids is 2. The SMILES string of the molecule is CCOP(=O)(COc1ccc(C[C@H](OC(=O)NC2COC3OCCC23)[C@@H](O)CS(=O)(=O)Nc2ccc(C=O)cc2CC(CC)CC)cc1)OCC. The summed E-state index contributed by atoms with van der Waals surface area (Å²) in [4.78, 5) is 24.6. The molecule has 2 fully saturated rings. The molecule has 2 aromatic carbocycles. The Balaban J connectivity index is 1.49. The summed E-state index contributed by atoms with van der Waals surface area (Å²) in [5.74, 6) is -0.163. The first-order valence-corrected chi connectivity index (χ1v) is 20.9. The molecular weight excluding hydrogens is 703 g/mol. The molecule has 2 aromatic rings. The van der Waals surface area contributed by atoms with Crippen molar-refractivity contribution in [3.63, 3.8) is 0 Å². The second-order valence-electron chi connectivity index (χ2n) is 12.7. The van der Waals surface area contributed by atoms with Crippen LogP contribution in [0.25, 0.3) is 0 Å². The van der Waals surface area contributed by atoms with Crippen molar-refractivity contribution >= 4 is 35.7 Å². The monoisotopic (exact) mass is 754 g/mol. The summed E-state index contributed by atoms with van der Waals surface area (Å²) in [6, 6.07) is 10.9. The minimum atomic E-state index is -4.18. The Bertz CT molecular complexity index is 1580.